The first-order chi connectivity index (χ1) is 16.8. The number of rotatable bonds is 8. The van der Waals surface area contributed by atoms with Crippen LogP contribution in [0.5, 0.6) is 5.75 Å². The molecule has 4 aromatic carbocycles. The predicted octanol–water partition coefficient (Wildman–Crippen LogP) is 7.31. The number of piperidine rings is 1. The fourth-order valence-corrected chi connectivity index (χ4v) is 5.19. The van der Waals surface area contributed by atoms with Crippen LogP contribution in [0, 0.1) is 5.92 Å². The topological polar surface area (TPSA) is 12.5 Å². The Labute approximate surface area is 203 Å². The van der Waals surface area contributed by atoms with Crippen molar-refractivity contribution in [3.8, 4) is 5.75 Å². The average molecular weight is 448 g/mol. The lowest BCUT2D eigenvalue weighted by molar-refractivity contribution is 0.168. The Morgan fingerprint density at radius 3 is 1.71 bits per heavy atom. The van der Waals surface area contributed by atoms with Crippen molar-refractivity contribution in [3.63, 3.8) is 0 Å². The second kappa shape index (κ2) is 11.2. The summed E-state index contributed by atoms with van der Waals surface area (Å²) < 4.78 is 5.95. The Kier molecular flexibility index (Phi) is 7.37. The molecule has 0 spiro atoms. The van der Waals surface area contributed by atoms with Gasteiger partial charge in [0.05, 0.1) is 0 Å². The molecule has 0 N–H and O–H groups in total. The van der Waals surface area contributed by atoms with E-state index in [9.17, 15) is 0 Å². The molecule has 34 heavy (non-hydrogen) atoms. The van der Waals surface area contributed by atoms with Gasteiger partial charge in [0.2, 0.25) is 0 Å². The zero-order chi connectivity index (χ0) is 23.0. The molecular weight excluding hydrogens is 414 g/mol. The van der Waals surface area contributed by atoms with Crippen LogP contribution in [0.15, 0.2) is 115 Å². The number of ether oxygens (including phenoxy) is 1. The highest BCUT2D eigenvalue weighted by atomic mass is 16.5. The predicted molar refractivity (Wildman–Crippen MR) is 140 cm³/mol. The highest BCUT2D eigenvalue weighted by molar-refractivity contribution is 5.33. The lowest BCUT2D eigenvalue weighted by Crippen LogP contribution is -2.35. The minimum Gasteiger partial charge on any atom is -0.489 e. The summed E-state index contributed by atoms with van der Waals surface area (Å²) in [6, 6.07) is 41.1. The van der Waals surface area contributed by atoms with E-state index in [0.29, 0.717) is 18.4 Å². The number of benzene rings is 4. The van der Waals surface area contributed by atoms with Gasteiger partial charge in [-0.15, -0.1) is 0 Å². The molecule has 2 nitrogen and oxygen atoms in total. The summed E-state index contributed by atoms with van der Waals surface area (Å²) in [7, 11) is 0. The largest absolute Gasteiger partial charge is 0.489 e. The van der Waals surface area contributed by atoms with Gasteiger partial charge in [-0.05, 0) is 66.2 Å². The van der Waals surface area contributed by atoms with E-state index in [1.807, 2.05) is 18.2 Å². The summed E-state index contributed by atoms with van der Waals surface area (Å²) in [6.45, 7) is 3.91. The molecular formula is C32H33NO. The maximum absolute atomic E-state index is 5.95. The third-order valence-electron chi connectivity index (χ3n) is 7.00. The van der Waals surface area contributed by atoms with Gasteiger partial charge in [0, 0.05) is 12.5 Å². The van der Waals surface area contributed by atoms with Crippen LogP contribution in [0.1, 0.15) is 41.0 Å². The molecule has 0 aromatic heterocycles. The average Bonchev–Trinajstić information content (AvgIpc) is 2.91. The normalized spacial score (nSPS) is 14.9. The van der Waals surface area contributed by atoms with Gasteiger partial charge in [0.15, 0.2) is 0 Å². The van der Waals surface area contributed by atoms with Crippen molar-refractivity contribution in [1.29, 1.82) is 0 Å². The summed E-state index contributed by atoms with van der Waals surface area (Å²) in [6.07, 6.45) is 2.46. The fraction of sp³-hybridized carbons (Fsp3) is 0.250. The van der Waals surface area contributed by atoms with Crippen LogP contribution in [-0.4, -0.2) is 18.0 Å². The second-order valence-corrected chi connectivity index (χ2v) is 9.33. The van der Waals surface area contributed by atoms with Gasteiger partial charge < -0.3 is 4.74 Å². The first kappa shape index (κ1) is 22.4. The van der Waals surface area contributed by atoms with Gasteiger partial charge >= 0.3 is 0 Å². The number of nitrogens with zero attached hydrogens (tertiary/aromatic N) is 1. The summed E-state index contributed by atoms with van der Waals surface area (Å²) >= 11 is 0. The SMILES string of the molecule is c1ccc(COc2ccc(CN3CCC(C(c4ccccc4)c4ccccc4)CC3)cc2)cc1. The Bertz CT molecular complexity index is 1080. The van der Waals surface area contributed by atoms with Crippen LogP contribution < -0.4 is 4.74 Å². The van der Waals surface area contributed by atoms with Crippen molar-refractivity contribution in [3.05, 3.63) is 138 Å². The fourth-order valence-electron chi connectivity index (χ4n) is 5.19. The molecule has 0 radical (unpaired) electrons. The molecule has 0 aliphatic carbocycles. The summed E-state index contributed by atoms with van der Waals surface area (Å²) in [5.74, 6) is 2.08. The molecule has 5 rings (SSSR count). The van der Waals surface area contributed by atoms with Crippen molar-refractivity contribution in [2.45, 2.75) is 31.9 Å². The number of hydrogen-bond donors (Lipinski definition) is 0. The van der Waals surface area contributed by atoms with Crippen LogP contribution in [0.2, 0.25) is 0 Å². The molecule has 4 aromatic rings. The highest BCUT2D eigenvalue weighted by Gasteiger charge is 2.28. The van der Waals surface area contributed by atoms with Crippen molar-refractivity contribution in [1.82, 2.24) is 4.90 Å². The van der Waals surface area contributed by atoms with Crippen LogP contribution in [-0.2, 0) is 13.2 Å². The third-order valence-corrected chi connectivity index (χ3v) is 7.00. The lowest BCUT2D eigenvalue weighted by atomic mass is 9.76. The van der Waals surface area contributed by atoms with Gasteiger partial charge in [0.1, 0.15) is 12.4 Å². The summed E-state index contributed by atoms with van der Waals surface area (Å²) in [4.78, 5) is 2.60. The zero-order valence-corrected chi connectivity index (χ0v) is 19.7. The van der Waals surface area contributed by atoms with E-state index < -0.39 is 0 Å². The van der Waals surface area contributed by atoms with E-state index in [2.05, 4.69) is 102 Å². The smallest absolute Gasteiger partial charge is 0.119 e. The van der Waals surface area contributed by atoms with Crippen molar-refractivity contribution in [2.24, 2.45) is 5.92 Å². The number of hydrogen-bond acceptors (Lipinski definition) is 2. The molecule has 0 bridgehead atoms. The third kappa shape index (κ3) is 5.76. The molecule has 1 aliphatic heterocycles. The molecule has 2 heteroatoms. The maximum atomic E-state index is 5.95. The van der Waals surface area contributed by atoms with Crippen LogP contribution in [0.25, 0.3) is 0 Å². The van der Waals surface area contributed by atoms with Gasteiger partial charge in [-0.2, -0.15) is 0 Å². The molecule has 0 unspecified atom stereocenters. The van der Waals surface area contributed by atoms with E-state index in [1.54, 1.807) is 0 Å². The minimum atomic E-state index is 0.477. The van der Waals surface area contributed by atoms with Gasteiger partial charge in [0.25, 0.3) is 0 Å². The first-order valence-corrected chi connectivity index (χ1v) is 12.4. The van der Waals surface area contributed by atoms with Gasteiger partial charge in [-0.1, -0.05) is 103 Å². The van der Waals surface area contributed by atoms with Crippen molar-refractivity contribution >= 4 is 0 Å². The van der Waals surface area contributed by atoms with Crippen molar-refractivity contribution < 1.29 is 4.74 Å². The Morgan fingerprint density at radius 2 is 1.15 bits per heavy atom. The Morgan fingerprint density at radius 1 is 0.618 bits per heavy atom. The van der Waals surface area contributed by atoms with Gasteiger partial charge in [-0.3, -0.25) is 4.90 Å². The minimum absolute atomic E-state index is 0.477. The maximum Gasteiger partial charge on any atom is 0.119 e. The molecule has 1 fully saturated rings. The van der Waals surface area contributed by atoms with Gasteiger partial charge in [-0.25, -0.2) is 0 Å². The van der Waals surface area contributed by atoms with Crippen LogP contribution in [0.4, 0.5) is 0 Å². The standard InChI is InChI=1S/C32H33NO/c1-4-10-27(11-5-1)25-34-31-18-16-26(17-19-31)24-33-22-20-30(21-23-33)32(28-12-6-2-7-13-28)29-14-8-3-9-15-29/h1-19,30,32H,20-25H2. The monoisotopic (exact) mass is 447 g/mol. The van der Waals surface area contributed by atoms with E-state index in [1.165, 1.54) is 35.1 Å². The first-order valence-electron chi connectivity index (χ1n) is 12.4. The lowest BCUT2D eigenvalue weighted by Gasteiger charge is -2.36. The van der Waals surface area contributed by atoms with E-state index in [4.69, 9.17) is 4.74 Å². The van der Waals surface area contributed by atoms with Crippen LogP contribution in [0.3, 0.4) is 0 Å². The molecule has 1 heterocycles. The highest BCUT2D eigenvalue weighted by Crippen LogP contribution is 2.38. The molecule has 172 valence electrons. The molecule has 1 saturated heterocycles. The Balaban J connectivity index is 1.17. The Hall–Kier alpha value is -3.36. The zero-order valence-electron chi connectivity index (χ0n) is 19.7. The van der Waals surface area contributed by atoms with E-state index in [-0.39, 0.29) is 0 Å². The molecule has 0 saturated carbocycles. The molecule has 0 atom stereocenters. The molecule has 1 aliphatic rings. The quantitative estimate of drug-likeness (QED) is 0.281. The van der Waals surface area contributed by atoms with Crippen molar-refractivity contribution in [2.75, 3.05) is 13.1 Å². The van der Waals surface area contributed by atoms with E-state index >= 15 is 0 Å². The second-order valence-electron chi connectivity index (χ2n) is 9.33. The molecule has 0 amide bonds. The summed E-state index contributed by atoms with van der Waals surface area (Å²) in [5, 5.41) is 0. The van der Waals surface area contributed by atoms with Crippen LogP contribution >= 0.6 is 0 Å². The summed E-state index contributed by atoms with van der Waals surface area (Å²) in [5.41, 5.74) is 5.43. The van der Waals surface area contributed by atoms with E-state index in [0.717, 1.165) is 25.4 Å². The number of likely N-dealkylation sites (tertiary alicyclic amines) is 1.